The van der Waals surface area contributed by atoms with Gasteiger partial charge in [0.25, 0.3) is 5.56 Å². The van der Waals surface area contributed by atoms with Crippen LogP contribution in [0.5, 0.6) is 0 Å². The van der Waals surface area contributed by atoms with Crippen molar-refractivity contribution in [3.05, 3.63) is 61.7 Å². The Morgan fingerprint density at radius 1 is 1.26 bits per heavy atom. The van der Waals surface area contributed by atoms with Gasteiger partial charge in [0.1, 0.15) is 0 Å². The third-order valence-corrected chi connectivity index (χ3v) is 4.07. The minimum atomic E-state index is 0.0844. The molecule has 0 radical (unpaired) electrons. The number of fused-ring (bicyclic) bond motifs is 1. The lowest BCUT2D eigenvalue weighted by Crippen LogP contribution is -2.33. The van der Waals surface area contributed by atoms with E-state index >= 15 is 0 Å². The SMILES string of the molecule is O=c1/c(=C\C=C\c2ccccc2)sc2n1CCCN=2. The van der Waals surface area contributed by atoms with E-state index in [0.717, 1.165) is 34.4 Å². The Morgan fingerprint density at radius 2 is 2.11 bits per heavy atom. The van der Waals surface area contributed by atoms with Gasteiger partial charge in [-0.25, -0.2) is 0 Å². The van der Waals surface area contributed by atoms with Crippen molar-refractivity contribution >= 4 is 23.5 Å². The van der Waals surface area contributed by atoms with E-state index in [1.807, 2.05) is 48.6 Å². The van der Waals surface area contributed by atoms with Crippen molar-refractivity contribution in [1.82, 2.24) is 4.57 Å². The molecule has 1 aliphatic heterocycles. The molecule has 19 heavy (non-hydrogen) atoms. The van der Waals surface area contributed by atoms with Crippen LogP contribution in [0.4, 0.5) is 0 Å². The molecule has 1 aliphatic rings. The topological polar surface area (TPSA) is 34.4 Å². The van der Waals surface area contributed by atoms with Gasteiger partial charge in [0, 0.05) is 13.1 Å². The molecule has 0 bridgehead atoms. The van der Waals surface area contributed by atoms with E-state index in [9.17, 15) is 4.79 Å². The van der Waals surface area contributed by atoms with Crippen LogP contribution in [0.1, 0.15) is 12.0 Å². The molecule has 0 saturated carbocycles. The number of allylic oxidation sites excluding steroid dienone is 1. The molecular formula is C15H14N2OS. The molecule has 1 aromatic carbocycles. The van der Waals surface area contributed by atoms with Gasteiger partial charge in [0.2, 0.25) is 0 Å². The summed E-state index contributed by atoms with van der Waals surface area (Å²) in [4.78, 5) is 17.3. The first-order valence-electron chi connectivity index (χ1n) is 6.32. The number of aromatic nitrogens is 1. The van der Waals surface area contributed by atoms with Gasteiger partial charge in [-0.2, -0.15) is 0 Å². The van der Waals surface area contributed by atoms with Crippen molar-refractivity contribution in [3.8, 4) is 0 Å². The maximum absolute atomic E-state index is 12.1. The summed E-state index contributed by atoms with van der Waals surface area (Å²) in [7, 11) is 0. The normalized spacial score (nSPS) is 15.5. The zero-order valence-corrected chi connectivity index (χ0v) is 11.3. The first kappa shape index (κ1) is 12.1. The fourth-order valence-electron chi connectivity index (χ4n) is 2.05. The van der Waals surface area contributed by atoms with Crippen LogP contribution in [0.25, 0.3) is 12.2 Å². The van der Waals surface area contributed by atoms with Crippen LogP contribution in [0.15, 0.2) is 46.2 Å². The van der Waals surface area contributed by atoms with Crippen LogP contribution in [-0.4, -0.2) is 11.1 Å². The first-order valence-corrected chi connectivity index (χ1v) is 7.14. The lowest BCUT2D eigenvalue weighted by atomic mass is 10.2. The van der Waals surface area contributed by atoms with Crippen molar-refractivity contribution in [2.24, 2.45) is 4.99 Å². The van der Waals surface area contributed by atoms with E-state index in [1.165, 1.54) is 11.3 Å². The van der Waals surface area contributed by atoms with E-state index in [0.29, 0.717) is 0 Å². The molecule has 0 atom stereocenters. The molecule has 2 aromatic rings. The summed E-state index contributed by atoms with van der Waals surface area (Å²) in [5, 5.41) is 0. The summed E-state index contributed by atoms with van der Waals surface area (Å²) in [5.41, 5.74) is 1.21. The smallest absolute Gasteiger partial charge is 0.270 e. The van der Waals surface area contributed by atoms with Gasteiger partial charge in [-0.3, -0.25) is 14.4 Å². The molecule has 1 aromatic heterocycles. The molecular weight excluding hydrogens is 256 g/mol. The van der Waals surface area contributed by atoms with Crippen molar-refractivity contribution in [3.63, 3.8) is 0 Å². The van der Waals surface area contributed by atoms with Crippen molar-refractivity contribution in [2.45, 2.75) is 13.0 Å². The Bertz CT molecular complexity index is 769. The first-order chi connectivity index (χ1) is 9.34. The average molecular weight is 270 g/mol. The molecule has 0 N–H and O–H groups in total. The average Bonchev–Trinajstić information content (AvgIpc) is 2.78. The second-order valence-electron chi connectivity index (χ2n) is 4.38. The summed E-state index contributed by atoms with van der Waals surface area (Å²) in [6.07, 6.45) is 6.76. The predicted octanol–water partition coefficient (Wildman–Crippen LogP) is 1.43. The molecule has 96 valence electrons. The molecule has 0 fully saturated rings. The van der Waals surface area contributed by atoms with Crippen molar-refractivity contribution in [1.29, 1.82) is 0 Å². The highest BCUT2D eigenvalue weighted by Crippen LogP contribution is 2.00. The van der Waals surface area contributed by atoms with Gasteiger partial charge in [0.15, 0.2) is 4.80 Å². The number of nitrogens with zero attached hydrogens (tertiary/aromatic N) is 2. The van der Waals surface area contributed by atoms with Crippen LogP contribution in [0.3, 0.4) is 0 Å². The van der Waals surface area contributed by atoms with Gasteiger partial charge < -0.3 is 0 Å². The fourth-order valence-corrected chi connectivity index (χ4v) is 3.03. The summed E-state index contributed by atoms with van der Waals surface area (Å²) in [6.45, 7) is 1.63. The molecule has 3 nitrogen and oxygen atoms in total. The summed E-state index contributed by atoms with van der Waals surface area (Å²) < 4.78 is 2.53. The zero-order chi connectivity index (χ0) is 13.1. The van der Waals surface area contributed by atoms with E-state index in [4.69, 9.17) is 0 Å². The highest BCUT2D eigenvalue weighted by Gasteiger charge is 2.07. The van der Waals surface area contributed by atoms with Crippen LogP contribution in [-0.2, 0) is 6.54 Å². The molecule has 0 unspecified atom stereocenters. The number of rotatable bonds is 2. The van der Waals surface area contributed by atoms with Crippen LogP contribution >= 0.6 is 11.3 Å². The molecule has 0 spiro atoms. The number of hydrogen-bond donors (Lipinski definition) is 0. The molecule has 3 rings (SSSR count). The highest BCUT2D eigenvalue weighted by atomic mass is 32.1. The maximum Gasteiger partial charge on any atom is 0.270 e. The van der Waals surface area contributed by atoms with Gasteiger partial charge in [-0.15, -0.1) is 0 Å². The largest absolute Gasteiger partial charge is 0.284 e. The zero-order valence-electron chi connectivity index (χ0n) is 10.5. The molecule has 0 aliphatic carbocycles. The lowest BCUT2D eigenvalue weighted by molar-refractivity contribution is 0.573. The summed E-state index contributed by atoms with van der Waals surface area (Å²) >= 11 is 1.47. The van der Waals surface area contributed by atoms with Crippen LogP contribution in [0, 0.1) is 0 Å². The Morgan fingerprint density at radius 3 is 2.89 bits per heavy atom. The summed E-state index contributed by atoms with van der Waals surface area (Å²) in [5.74, 6) is 0. The Hall–Kier alpha value is -1.94. The monoisotopic (exact) mass is 270 g/mol. The van der Waals surface area contributed by atoms with Gasteiger partial charge in [-0.05, 0) is 18.1 Å². The van der Waals surface area contributed by atoms with Crippen molar-refractivity contribution in [2.75, 3.05) is 6.54 Å². The Kier molecular flexibility index (Phi) is 3.42. The highest BCUT2D eigenvalue weighted by molar-refractivity contribution is 7.07. The van der Waals surface area contributed by atoms with E-state index < -0.39 is 0 Å². The Balaban J connectivity index is 1.95. The third-order valence-electron chi connectivity index (χ3n) is 3.01. The minimum absolute atomic E-state index is 0.0844. The standard InChI is InChI=1S/C15H14N2OS/c18-14-13(19-15-16-10-5-11-17(14)15)9-4-8-12-6-2-1-3-7-12/h1-4,6-9H,5,10-11H2/b8-4+,13-9+. The maximum atomic E-state index is 12.1. The van der Waals surface area contributed by atoms with Gasteiger partial charge >= 0.3 is 0 Å². The summed E-state index contributed by atoms with van der Waals surface area (Å²) in [6, 6.07) is 10.1. The Labute approximate surface area is 114 Å². The van der Waals surface area contributed by atoms with Crippen molar-refractivity contribution < 1.29 is 0 Å². The minimum Gasteiger partial charge on any atom is -0.284 e. The van der Waals surface area contributed by atoms with E-state index in [-0.39, 0.29) is 5.56 Å². The quantitative estimate of drug-likeness (QED) is 0.813. The van der Waals surface area contributed by atoms with Gasteiger partial charge in [-0.1, -0.05) is 53.8 Å². The molecule has 0 saturated heterocycles. The fraction of sp³-hybridized carbons (Fsp3) is 0.200. The third kappa shape index (κ3) is 2.58. The van der Waals surface area contributed by atoms with Crippen LogP contribution < -0.4 is 14.9 Å². The predicted molar refractivity (Wildman–Crippen MR) is 78.8 cm³/mol. The number of thiazole rings is 1. The van der Waals surface area contributed by atoms with E-state index in [1.54, 1.807) is 4.57 Å². The number of hydrogen-bond acceptors (Lipinski definition) is 3. The number of benzene rings is 1. The van der Waals surface area contributed by atoms with E-state index in [2.05, 4.69) is 4.99 Å². The van der Waals surface area contributed by atoms with Crippen LogP contribution in [0.2, 0.25) is 0 Å². The molecule has 4 heteroatoms. The lowest BCUT2D eigenvalue weighted by Gasteiger charge is -2.03. The molecule has 2 heterocycles. The second kappa shape index (κ2) is 5.36. The second-order valence-corrected chi connectivity index (χ2v) is 5.39. The molecule has 0 amide bonds. The van der Waals surface area contributed by atoms with Gasteiger partial charge in [0.05, 0.1) is 4.53 Å².